The monoisotopic (exact) mass is 335 g/mol. The number of carbonyl (C=O) groups excluding carboxylic acids is 1. The summed E-state index contributed by atoms with van der Waals surface area (Å²) in [6.07, 6.45) is 3.45. The van der Waals surface area contributed by atoms with E-state index in [4.69, 9.17) is 9.47 Å². The lowest BCUT2D eigenvalue weighted by molar-refractivity contribution is -0.112. The fraction of sp³-hybridized carbons (Fsp3) is 0.190. The van der Waals surface area contributed by atoms with Crippen molar-refractivity contribution < 1.29 is 14.3 Å². The van der Waals surface area contributed by atoms with Crippen LogP contribution in [0.25, 0.3) is 28.2 Å². The Kier molecular flexibility index (Phi) is 4.61. The van der Waals surface area contributed by atoms with Gasteiger partial charge in [-0.05, 0) is 55.8 Å². The van der Waals surface area contributed by atoms with Crippen molar-refractivity contribution in [2.75, 3.05) is 14.2 Å². The Morgan fingerprint density at radius 3 is 2.48 bits per heavy atom. The average Bonchev–Trinajstić information content (AvgIpc) is 2.96. The van der Waals surface area contributed by atoms with Gasteiger partial charge in [-0.3, -0.25) is 4.79 Å². The first kappa shape index (κ1) is 16.8. The molecule has 2 aromatic carbocycles. The van der Waals surface area contributed by atoms with E-state index in [0.717, 1.165) is 27.7 Å². The van der Waals surface area contributed by atoms with E-state index in [1.165, 1.54) is 5.56 Å². The van der Waals surface area contributed by atoms with Crippen molar-refractivity contribution in [2.45, 2.75) is 13.8 Å². The van der Waals surface area contributed by atoms with E-state index in [1.807, 2.05) is 24.3 Å². The Balaban J connectivity index is 2.24. The number of hydrogen-bond donors (Lipinski definition) is 1. The topological polar surface area (TPSA) is 51.3 Å². The van der Waals surface area contributed by atoms with E-state index < -0.39 is 0 Å². The number of carbonyl (C=O) groups is 1. The molecule has 4 nitrogen and oxygen atoms in total. The molecule has 25 heavy (non-hydrogen) atoms. The molecule has 3 rings (SSSR count). The number of methoxy groups -OCH3 is 2. The van der Waals surface area contributed by atoms with Gasteiger partial charge in [-0.2, -0.15) is 0 Å². The number of aromatic nitrogens is 1. The van der Waals surface area contributed by atoms with Crippen molar-refractivity contribution in [1.29, 1.82) is 0 Å². The van der Waals surface area contributed by atoms with E-state index >= 15 is 0 Å². The summed E-state index contributed by atoms with van der Waals surface area (Å²) in [7, 11) is 3.23. The molecular formula is C21H21NO3. The van der Waals surface area contributed by atoms with Crippen LogP contribution in [0.2, 0.25) is 0 Å². The maximum Gasteiger partial charge on any atom is 0.161 e. The summed E-state index contributed by atoms with van der Waals surface area (Å²) < 4.78 is 10.7. The standard InChI is InChI=1S/C21H21NO3/c1-13-5-8-16-17(9-6-14(2)23)21(22-18(16)11-13)15-7-10-19(24-3)20(12-15)25-4/h5-12,22H,1-4H3/b9-6+. The Morgan fingerprint density at radius 1 is 1.04 bits per heavy atom. The zero-order valence-corrected chi connectivity index (χ0v) is 14.8. The molecule has 0 aliphatic rings. The van der Waals surface area contributed by atoms with Gasteiger partial charge < -0.3 is 14.5 Å². The Labute approximate surface area is 147 Å². The number of allylic oxidation sites excluding steroid dienone is 1. The van der Waals surface area contributed by atoms with E-state index in [-0.39, 0.29) is 5.78 Å². The Hall–Kier alpha value is -3.01. The van der Waals surface area contributed by atoms with Gasteiger partial charge in [-0.15, -0.1) is 0 Å². The van der Waals surface area contributed by atoms with Crippen molar-refractivity contribution in [3.63, 3.8) is 0 Å². The molecule has 128 valence electrons. The van der Waals surface area contributed by atoms with Crippen LogP contribution in [0.3, 0.4) is 0 Å². The molecule has 0 aliphatic heterocycles. The normalized spacial score (nSPS) is 11.2. The number of aryl methyl sites for hydroxylation is 1. The maximum absolute atomic E-state index is 11.4. The van der Waals surface area contributed by atoms with E-state index in [9.17, 15) is 4.79 Å². The smallest absolute Gasteiger partial charge is 0.161 e. The highest BCUT2D eigenvalue weighted by molar-refractivity contribution is 6.01. The van der Waals surface area contributed by atoms with E-state index in [2.05, 4.69) is 30.1 Å². The number of nitrogens with one attached hydrogen (secondary N) is 1. The van der Waals surface area contributed by atoms with E-state index in [1.54, 1.807) is 27.2 Å². The van der Waals surface area contributed by atoms with Crippen LogP contribution in [0.1, 0.15) is 18.1 Å². The molecule has 0 fully saturated rings. The molecule has 1 heterocycles. The minimum absolute atomic E-state index is 0.0136. The predicted molar refractivity (Wildman–Crippen MR) is 101 cm³/mol. The number of ether oxygens (including phenoxy) is 2. The van der Waals surface area contributed by atoms with Crippen molar-refractivity contribution in [3.8, 4) is 22.8 Å². The molecule has 3 aromatic rings. The first-order valence-corrected chi connectivity index (χ1v) is 8.07. The second-order valence-electron chi connectivity index (χ2n) is 5.98. The lowest BCUT2D eigenvalue weighted by atomic mass is 10.0. The van der Waals surface area contributed by atoms with Gasteiger partial charge in [0.1, 0.15) is 0 Å². The first-order valence-electron chi connectivity index (χ1n) is 8.07. The highest BCUT2D eigenvalue weighted by Gasteiger charge is 2.14. The van der Waals surface area contributed by atoms with Gasteiger partial charge in [-0.1, -0.05) is 12.1 Å². The number of rotatable bonds is 5. The van der Waals surface area contributed by atoms with Crippen LogP contribution in [0.4, 0.5) is 0 Å². The molecule has 0 unspecified atom stereocenters. The van der Waals surface area contributed by atoms with Crippen LogP contribution in [0, 0.1) is 6.92 Å². The molecule has 4 heteroatoms. The van der Waals surface area contributed by atoms with Gasteiger partial charge in [0.15, 0.2) is 17.3 Å². The Bertz CT molecular complexity index is 967. The number of ketones is 1. The highest BCUT2D eigenvalue weighted by atomic mass is 16.5. The zero-order valence-electron chi connectivity index (χ0n) is 14.8. The molecule has 0 spiro atoms. The van der Waals surface area contributed by atoms with Crippen molar-refractivity contribution >= 4 is 22.8 Å². The zero-order chi connectivity index (χ0) is 18.0. The van der Waals surface area contributed by atoms with Gasteiger partial charge in [0, 0.05) is 22.0 Å². The van der Waals surface area contributed by atoms with Gasteiger partial charge in [-0.25, -0.2) is 0 Å². The third-order valence-corrected chi connectivity index (χ3v) is 4.15. The molecule has 0 aliphatic carbocycles. The van der Waals surface area contributed by atoms with Crippen molar-refractivity contribution in [2.24, 2.45) is 0 Å². The largest absolute Gasteiger partial charge is 0.493 e. The number of hydrogen-bond acceptors (Lipinski definition) is 3. The molecular weight excluding hydrogens is 314 g/mol. The summed E-state index contributed by atoms with van der Waals surface area (Å²) in [4.78, 5) is 14.9. The molecule has 1 N–H and O–H groups in total. The predicted octanol–water partition coefficient (Wildman–Crippen LogP) is 4.76. The lowest BCUT2D eigenvalue weighted by Crippen LogP contribution is -1.91. The average molecular weight is 335 g/mol. The summed E-state index contributed by atoms with van der Waals surface area (Å²) in [6, 6.07) is 12.0. The van der Waals surface area contributed by atoms with Crippen LogP contribution in [0.15, 0.2) is 42.5 Å². The van der Waals surface area contributed by atoms with Gasteiger partial charge in [0.25, 0.3) is 0 Å². The maximum atomic E-state index is 11.4. The highest BCUT2D eigenvalue weighted by Crippen LogP contribution is 2.36. The fourth-order valence-electron chi connectivity index (χ4n) is 2.93. The molecule has 0 amide bonds. The van der Waals surface area contributed by atoms with Crippen LogP contribution >= 0.6 is 0 Å². The van der Waals surface area contributed by atoms with Gasteiger partial charge in [0.2, 0.25) is 0 Å². The molecule has 0 saturated carbocycles. The summed E-state index contributed by atoms with van der Waals surface area (Å²) >= 11 is 0. The third kappa shape index (κ3) is 3.29. The summed E-state index contributed by atoms with van der Waals surface area (Å²) in [5, 5.41) is 1.08. The minimum Gasteiger partial charge on any atom is -0.493 e. The number of fused-ring (bicyclic) bond motifs is 1. The second kappa shape index (κ2) is 6.85. The summed E-state index contributed by atoms with van der Waals surface area (Å²) in [6.45, 7) is 3.60. The Morgan fingerprint density at radius 2 is 1.80 bits per heavy atom. The summed E-state index contributed by atoms with van der Waals surface area (Å²) in [5.74, 6) is 1.36. The van der Waals surface area contributed by atoms with Crippen LogP contribution in [-0.4, -0.2) is 25.0 Å². The molecule has 0 radical (unpaired) electrons. The number of aromatic amines is 1. The minimum atomic E-state index is 0.0136. The first-order chi connectivity index (χ1) is 12.0. The SMILES string of the molecule is COc1ccc(-c2[nH]c3cc(C)ccc3c2/C=C/C(C)=O)cc1OC. The number of H-pyrrole nitrogens is 1. The van der Waals surface area contributed by atoms with Crippen LogP contribution in [0.5, 0.6) is 11.5 Å². The molecule has 1 aromatic heterocycles. The molecule has 0 bridgehead atoms. The molecule has 0 saturated heterocycles. The van der Waals surface area contributed by atoms with Gasteiger partial charge >= 0.3 is 0 Å². The van der Waals surface area contributed by atoms with Crippen LogP contribution < -0.4 is 9.47 Å². The number of benzene rings is 2. The fourth-order valence-corrected chi connectivity index (χ4v) is 2.93. The molecule has 0 atom stereocenters. The van der Waals surface area contributed by atoms with Crippen molar-refractivity contribution in [3.05, 3.63) is 53.6 Å². The quantitative estimate of drug-likeness (QED) is 0.684. The van der Waals surface area contributed by atoms with Gasteiger partial charge in [0.05, 0.1) is 19.9 Å². The van der Waals surface area contributed by atoms with E-state index in [0.29, 0.717) is 11.5 Å². The third-order valence-electron chi connectivity index (χ3n) is 4.15. The lowest BCUT2D eigenvalue weighted by Gasteiger charge is -2.09. The second-order valence-corrected chi connectivity index (χ2v) is 5.98. The summed E-state index contributed by atoms with van der Waals surface area (Å²) in [5.41, 5.74) is 5.11. The van der Waals surface area contributed by atoms with Crippen molar-refractivity contribution in [1.82, 2.24) is 4.98 Å². The van der Waals surface area contributed by atoms with Crippen LogP contribution in [-0.2, 0) is 4.79 Å².